The standard InChI is InChI=1S/C23H17ClFN3O5/c24-16-8-15(10-26-27-22(29)19-13-3-4-14(7-13)20(19)23(27)30)21(18(9-16)28(31)32)33-11-12-1-5-17(25)6-2-12/h1-6,8-10,13-14,19-20H,7,11H2/t13-,14-,19-,20+/m0/s1. The van der Waals surface area contributed by atoms with Crippen molar-refractivity contribution in [3.05, 3.63) is 80.6 Å². The van der Waals surface area contributed by atoms with Crippen LogP contribution in [-0.4, -0.2) is 28.0 Å². The van der Waals surface area contributed by atoms with Crippen LogP contribution in [0.5, 0.6) is 5.75 Å². The molecular weight excluding hydrogens is 453 g/mol. The smallest absolute Gasteiger partial charge is 0.313 e. The van der Waals surface area contributed by atoms with Crippen molar-refractivity contribution < 1.29 is 23.6 Å². The number of imide groups is 1. The van der Waals surface area contributed by atoms with Crippen molar-refractivity contribution in [2.75, 3.05) is 0 Å². The Morgan fingerprint density at radius 3 is 2.39 bits per heavy atom. The van der Waals surface area contributed by atoms with Gasteiger partial charge in [0.1, 0.15) is 12.4 Å². The second-order valence-electron chi connectivity index (χ2n) is 8.25. The Morgan fingerprint density at radius 2 is 1.79 bits per heavy atom. The van der Waals surface area contributed by atoms with Crippen molar-refractivity contribution >= 4 is 35.3 Å². The van der Waals surface area contributed by atoms with Crippen molar-refractivity contribution in [3.8, 4) is 5.75 Å². The average Bonchev–Trinajstić information content (AvgIpc) is 3.46. The van der Waals surface area contributed by atoms with E-state index < -0.39 is 28.3 Å². The van der Waals surface area contributed by atoms with E-state index in [1.165, 1.54) is 36.5 Å². The minimum absolute atomic E-state index is 0.0403. The van der Waals surface area contributed by atoms with Crippen LogP contribution in [0.2, 0.25) is 5.02 Å². The van der Waals surface area contributed by atoms with Gasteiger partial charge in [0.25, 0.3) is 11.8 Å². The van der Waals surface area contributed by atoms with Gasteiger partial charge in [-0.15, -0.1) is 0 Å². The van der Waals surface area contributed by atoms with Gasteiger partial charge in [0, 0.05) is 16.7 Å². The van der Waals surface area contributed by atoms with Gasteiger partial charge < -0.3 is 4.74 Å². The number of hydrogen-bond acceptors (Lipinski definition) is 6. The topological polar surface area (TPSA) is 102 Å². The molecule has 2 aromatic carbocycles. The van der Waals surface area contributed by atoms with Gasteiger partial charge in [-0.1, -0.05) is 35.9 Å². The third-order valence-corrected chi connectivity index (χ3v) is 6.53. The maximum Gasteiger partial charge on any atom is 0.313 e. The quantitative estimate of drug-likeness (QED) is 0.208. The summed E-state index contributed by atoms with van der Waals surface area (Å²) in [5, 5.41) is 16.6. The minimum atomic E-state index is -0.650. The van der Waals surface area contributed by atoms with Gasteiger partial charge in [0.2, 0.25) is 5.75 Å². The fourth-order valence-electron chi connectivity index (χ4n) is 4.85. The summed E-state index contributed by atoms with van der Waals surface area (Å²) in [6.07, 6.45) is 5.93. The first-order chi connectivity index (χ1) is 15.8. The summed E-state index contributed by atoms with van der Waals surface area (Å²) in [6, 6.07) is 8.02. The molecule has 2 aliphatic carbocycles. The summed E-state index contributed by atoms with van der Waals surface area (Å²) in [5.74, 6) is -2.03. The molecular formula is C23H17ClFN3O5. The molecule has 0 aromatic heterocycles. The summed E-state index contributed by atoms with van der Waals surface area (Å²) in [6.45, 7) is -0.0790. The van der Waals surface area contributed by atoms with E-state index >= 15 is 0 Å². The van der Waals surface area contributed by atoms with Gasteiger partial charge in [-0.3, -0.25) is 19.7 Å². The van der Waals surface area contributed by atoms with Crippen LogP contribution in [0.15, 0.2) is 53.7 Å². The van der Waals surface area contributed by atoms with E-state index in [2.05, 4.69) is 5.10 Å². The first-order valence-corrected chi connectivity index (χ1v) is 10.7. The van der Waals surface area contributed by atoms with Gasteiger partial charge in [-0.05, 0) is 42.0 Å². The molecule has 2 amide bonds. The lowest BCUT2D eigenvalue weighted by Gasteiger charge is -2.13. The number of ether oxygens (including phenoxy) is 1. The lowest BCUT2D eigenvalue weighted by Crippen LogP contribution is -2.28. The normalized spacial score (nSPS) is 25.3. The van der Waals surface area contributed by atoms with Crippen LogP contribution in [0.25, 0.3) is 0 Å². The Balaban J connectivity index is 1.44. The molecule has 1 saturated heterocycles. The fraction of sp³-hybridized carbons (Fsp3) is 0.261. The van der Waals surface area contributed by atoms with Gasteiger partial charge in [0.15, 0.2) is 0 Å². The molecule has 8 nitrogen and oxygen atoms in total. The van der Waals surface area contributed by atoms with Crippen molar-refractivity contribution in [2.45, 2.75) is 13.0 Å². The zero-order chi connectivity index (χ0) is 23.3. The Kier molecular flexibility index (Phi) is 5.20. The third kappa shape index (κ3) is 3.68. The Labute approximate surface area is 192 Å². The molecule has 0 spiro atoms. The summed E-state index contributed by atoms with van der Waals surface area (Å²) in [7, 11) is 0. The van der Waals surface area contributed by atoms with Crippen LogP contribution >= 0.6 is 11.6 Å². The highest BCUT2D eigenvalue weighted by Gasteiger charge is 2.59. The van der Waals surface area contributed by atoms with Crippen molar-refractivity contribution in [1.82, 2.24) is 5.01 Å². The van der Waals surface area contributed by atoms with Gasteiger partial charge in [0.05, 0.1) is 23.0 Å². The van der Waals surface area contributed by atoms with E-state index in [1.54, 1.807) is 0 Å². The average molecular weight is 470 g/mol. The number of allylic oxidation sites excluding steroid dienone is 2. The number of nitro groups is 1. The molecule has 1 aliphatic heterocycles. The predicted octanol–water partition coefficient (Wildman–Crippen LogP) is 4.11. The first-order valence-electron chi connectivity index (χ1n) is 10.3. The zero-order valence-corrected chi connectivity index (χ0v) is 17.8. The number of carbonyl (C=O) groups excluding carboxylic acids is 2. The third-order valence-electron chi connectivity index (χ3n) is 6.32. The number of fused-ring (bicyclic) bond motifs is 5. The number of hydrogen-bond donors (Lipinski definition) is 0. The number of halogens is 2. The van der Waals surface area contributed by atoms with Gasteiger partial charge >= 0.3 is 5.69 Å². The summed E-state index contributed by atoms with van der Waals surface area (Å²) in [4.78, 5) is 36.6. The monoisotopic (exact) mass is 469 g/mol. The molecule has 1 saturated carbocycles. The highest BCUT2D eigenvalue weighted by molar-refractivity contribution is 6.31. The molecule has 1 heterocycles. The lowest BCUT2D eigenvalue weighted by atomic mass is 9.85. The van der Waals surface area contributed by atoms with Crippen LogP contribution in [0.1, 0.15) is 17.5 Å². The van der Waals surface area contributed by atoms with Crippen LogP contribution in [0, 0.1) is 39.6 Å². The highest BCUT2D eigenvalue weighted by atomic mass is 35.5. The number of amides is 2. The van der Waals surface area contributed by atoms with Crippen molar-refractivity contribution in [3.63, 3.8) is 0 Å². The largest absolute Gasteiger partial charge is 0.481 e. The molecule has 0 unspecified atom stereocenters. The number of benzene rings is 2. The molecule has 168 valence electrons. The van der Waals surface area contributed by atoms with Crippen LogP contribution in [-0.2, 0) is 16.2 Å². The summed E-state index contributed by atoms with van der Waals surface area (Å²) in [5.41, 5.74) is 0.323. The van der Waals surface area contributed by atoms with E-state index in [0.717, 1.165) is 17.5 Å². The minimum Gasteiger partial charge on any atom is -0.481 e. The van der Waals surface area contributed by atoms with E-state index in [0.29, 0.717) is 5.56 Å². The number of carbonyl (C=O) groups is 2. The van der Waals surface area contributed by atoms with E-state index in [4.69, 9.17) is 16.3 Å². The number of rotatable bonds is 6. The molecule has 33 heavy (non-hydrogen) atoms. The first kappa shape index (κ1) is 21.3. The van der Waals surface area contributed by atoms with Crippen LogP contribution in [0.4, 0.5) is 10.1 Å². The number of nitro benzene ring substituents is 1. The SMILES string of the molecule is O=C1[C@@H]2[C@H](C(=O)N1N=Cc1cc(Cl)cc([N+](=O)[O-])c1OCc1ccc(F)cc1)[C@H]1C=C[C@H]2C1. The zero-order valence-electron chi connectivity index (χ0n) is 17.1. The molecule has 0 radical (unpaired) electrons. The van der Waals surface area contributed by atoms with E-state index in [-0.39, 0.29) is 46.6 Å². The fourth-order valence-corrected chi connectivity index (χ4v) is 5.07. The van der Waals surface area contributed by atoms with E-state index in [9.17, 15) is 24.1 Å². The molecule has 3 aliphatic rings. The number of hydrazone groups is 1. The van der Waals surface area contributed by atoms with Crippen LogP contribution in [0.3, 0.4) is 0 Å². The predicted molar refractivity (Wildman–Crippen MR) is 116 cm³/mol. The van der Waals surface area contributed by atoms with Crippen molar-refractivity contribution in [1.29, 1.82) is 0 Å². The van der Waals surface area contributed by atoms with Gasteiger partial charge in [-0.25, -0.2) is 4.39 Å². The molecule has 0 N–H and O–H groups in total. The Hall–Kier alpha value is -3.59. The molecule has 4 atom stereocenters. The van der Waals surface area contributed by atoms with Gasteiger partial charge in [-0.2, -0.15) is 10.1 Å². The second-order valence-corrected chi connectivity index (χ2v) is 8.68. The maximum atomic E-state index is 13.2. The van der Waals surface area contributed by atoms with Crippen LogP contribution < -0.4 is 4.74 Å². The molecule has 5 rings (SSSR count). The molecule has 10 heteroatoms. The number of nitrogens with zero attached hydrogens (tertiary/aromatic N) is 3. The highest BCUT2D eigenvalue weighted by Crippen LogP contribution is 2.52. The lowest BCUT2D eigenvalue weighted by molar-refractivity contribution is -0.385. The van der Waals surface area contributed by atoms with Crippen molar-refractivity contribution in [2.24, 2.45) is 28.8 Å². The summed E-state index contributed by atoms with van der Waals surface area (Å²) < 4.78 is 18.8. The maximum absolute atomic E-state index is 13.2. The molecule has 2 bridgehead atoms. The summed E-state index contributed by atoms with van der Waals surface area (Å²) >= 11 is 6.06. The Morgan fingerprint density at radius 1 is 1.15 bits per heavy atom. The molecule has 2 fully saturated rings. The van der Waals surface area contributed by atoms with E-state index in [1.807, 2.05) is 12.2 Å². The Bertz CT molecular complexity index is 1200. The second kappa shape index (κ2) is 8.08. The molecule has 2 aromatic rings.